The molecule has 0 aromatic heterocycles. The Balaban J connectivity index is 1.98. The Hall–Kier alpha value is -0.260. The lowest BCUT2D eigenvalue weighted by Gasteiger charge is -2.37. The Morgan fingerprint density at radius 2 is 1.55 bits per heavy atom. The number of hydrogen-bond donors (Lipinski definition) is 0. The molecule has 60 valence electrons. The predicted molar refractivity (Wildman–Crippen MR) is 46.3 cm³/mol. The van der Waals surface area contributed by atoms with Gasteiger partial charge in [0.2, 0.25) is 0 Å². The minimum Gasteiger partial charge on any atom is -0.0850 e. The maximum absolute atomic E-state index is 2.56. The molecule has 0 N–H and O–H groups in total. The van der Waals surface area contributed by atoms with Gasteiger partial charge in [0.25, 0.3) is 0 Å². The van der Waals surface area contributed by atoms with Crippen molar-refractivity contribution < 1.29 is 0 Å². The number of hydrogen-bond acceptors (Lipinski definition) is 0. The normalized spacial score (nSPS) is 47.3. The quantitative estimate of drug-likeness (QED) is 0.463. The first-order chi connectivity index (χ1) is 5.40. The van der Waals surface area contributed by atoms with Crippen molar-refractivity contribution in [1.82, 2.24) is 0 Å². The molecule has 0 heteroatoms. The van der Waals surface area contributed by atoms with Crippen LogP contribution in [0.4, 0.5) is 0 Å². The van der Waals surface area contributed by atoms with Gasteiger partial charge in [0.1, 0.15) is 0 Å². The van der Waals surface area contributed by atoms with Gasteiger partial charge >= 0.3 is 0 Å². The Bertz CT molecular complexity index is 186. The fourth-order valence-electron chi connectivity index (χ4n) is 3.55. The van der Waals surface area contributed by atoms with E-state index in [2.05, 4.69) is 6.08 Å². The highest BCUT2D eigenvalue weighted by atomic mass is 14.4. The van der Waals surface area contributed by atoms with Gasteiger partial charge in [-0.1, -0.05) is 11.6 Å². The van der Waals surface area contributed by atoms with Crippen molar-refractivity contribution >= 4 is 0 Å². The van der Waals surface area contributed by atoms with Crippen molar-refractivity contribution in [3.63, 3.8) is 0 Å². The standard InChI is InChI=1S/C11H16/c1-2-9-5-10-3-8(1)4-11(6-9)7-10/h1,9-11H,2-7H2/t9?,10-,11+. The molecule has 0 aliphatic heterocycles. The Labute approximate surface area is 68.7 Å². The zero-order chi connectivity index (χ0) is 7.26. The minimum absolute atomic E-state index is 1.08. The van der Waals surface area contributed by atoms with Crippen LogP contribution in [0.1, 0.15) is 38.5 Å². The van der Waals surface area contributed by atoms with E-state index in [1.807, 2.05) is 5.57 Å². The number of allylic oxidation sites excluding steroid dienone is 2. The highest BCUT2D eigenvalue weighted by Crippen LogP contribution is 2.48. The van der Waals surface area contributed by atoms with E-state index < -0.39 is 0 Å². The third-order valence-corrected chi connectivity index (χ3v) is 3.84. The van der Waals surface area contributed by atoms with Crippen LogP contribution in [0.3, 0.4) is 0 Å². The van der Waals surface area contributed by atoms with E-state index in [0.29, 0.717) is 0 Å². The van der Waals surface area contributed by atoms with Gasteiger partial charge in [-0.3, -0.25) is 0 Å². The van der Waals surface area contributed by atoms with Gasteiger partial charge in [-0.15, -0.1) is 0 Å². The zero-order valence-electron chi connectivity index (χ0n) is 7.05. The summed E-state index contributed by atoms with van der Waals surface area (Å²) in [5.74, 6) is 3.28. The van der Waals surface area contributed by atoms with E-state index in [0.717, 1.165) is 17.8 Å². The first kappa shape index (κ1) is 6.28. The van der Waals surface area contributed by atoms with Crippen LogP contribution in [0.25, 0.3) is 0 Å². The third-order valence-electron chi connectivity index (χ3n) is 3.84. The molecule has 4 bridgehead atoms. The SMILES string of the molecule is C1=C2C[C@@H]3CC(C1)C[C@H](C2)C3. The second-order valence-corrected chi connectivity index (χ2v) is 4.81. The maximum atomic E-state index is 2.56. The summed E-state index contributed by atoms with van der Waals surface area (Å²) in [7, 11) is 0. The summed E-state index contributed by atoms with van der Waals surface area (Å²) < 4.78 is 0. The lowest BCUT2D eigenvalue weighted by atomic mass is 9.69. The summed E-state index contributed by atoms with van der Waals surface area (Å²) in [5, 5.41) is 0. The third kappa shape index (κ3) is 0.953. The van der Waals surface area contributed by atoms with Crippen LogP contribution >= 0.6 is 0 Å². The zero-order valence-corrected chi connectivity index (χ0v) is 7.05. The summed E-state index contributed by atoms with van der Waals surface area (Å²) >= 11 is 0. The van der Waals surface area contributed by atoms with Gasteiger partial charge in [0, 0.05) is 0 Å². The smallest absolute Gasteiger partial charge is 0.0291 e. The monoisotopic (exact) mass is 148 g/mol. The topological polar surface area (TPSA) is 0 Å². The van der Waals surface area contributed by atoms with E-state index in [1.54, 1.807) is 19.3 Å². The summed E-state index contributed by atoms with van der Waals surface area (Å²) in [6.45, 7) is 0. The fraction of sp³-hybridized carbons (Fsp3) is 0.818. The van der Waals surface area contributed by atoms with Gasteiger partial charge < -0.3 is 0 Å². The van der Waals surface area contributed by atoms with E-state index in [-0.39, 0.29) is 0 Å². The molecule has 0 amide bonds. The molecule has 0 heterocycles. The van der Waals surface area contributed by atoms with Crippen molar-refractivity contribution in [2.75, 3.05) is 0 Å². The molecule has 0 spiro atoms. The van der Waals surface area contributed by atoms with Crippen molar-refractivity contribution in [2.24, 2.45) is 17.8 Å². The number of fused-ring (bicyclic) bond motifs is 1. The second-order valence-electron chi connectivity index (χ2n) is 4.81. The summed E-state index contributed by atoms with van der Waals surface area (Å²) in [5.41, 5.74) is 1.81. The van der Waals surface area contributed by atoms with Crippen molar-refractivity contribution in [3.05, 3.63) is 11.6 Å². The van der Waals surface area contributed by atoms with Crippen molar-refractivity contribution in [2.45, 2.75) is 38.5 Å². The van der Waals surface area contributed by atoms with Crippen molar-refractivity contribution in [1.29, 1.82) is 0 Å². The lowest BCUT2D eigenvalue weighted by molar-refractivity contribution is 0.179. The van der Waals surface area contributed by atoms with Crippen LogP contribution in [0.15, 0.2) is 11.6 Å². The first-order valence-electron chi connectivity index (χ1n) is 5.08. The Morgan fingerprint density at radius 1 is 0.909 bits per heavy atom. The summed E-state index contributed by atoms with van der Waals surface area (Å²) in [6, 6.07) is 0. The first-order valence-corrected chi connectivity index (χ1v) is 5.08. The molecule has 2 fully saturated rings. The molecule has 4 aliphatic rings. The van der Waals surface area contributed by atoms with E-state index in [1.165, 1.54) is 19.3 Å². The Morgan fingerprint density at radius 3 is 2.27 bits per heavy atom. The van der Waals surface area contributed by atoms with Gasteiger partial charge in [0.15, 0.2) is 0 Å². The maximum Gasteiger partial charge on any atom is -0.0291 e. The van der Waals surface area contributed by atoms with Gasteiger partial charge in [-0.2, -0.15) is 0 Å². The minimum atomic E-state index is 1.08. The molecule has 4 rings (SSSR count). The van der Waals surface area contributed by atoms with E-state index in [4.69, 9.17) is 0 Å². The fourth-order valence-corrected chi connectivity index (χ4v) is 3.55. The summed E-state index contributed by atoms with van der Waals surface area (Å²) in [6.07, 6.45) is 11.6. The molecular weight excluding hydrogens is 132 g/mol. The Kier molecular flexibility index (Phi) is 1.21. The molecule has 1 unspecified atom stereocenters. The van der Waals surface area contributed by atoms with E-state index in [9.17, 15) is 0 Å². The summed E-state index contributed by atoms with van der Waals surface area (Å²) in [4.78, 5) is 0. The molecule has 0 aromatic rings. The van der Waals surface area contributed by atoms with Crippen LogP contribution in [0.5, 0.6) is 0 Å². The van der Waals surface area contributed by atoms with Crippen LogP contribution in [-0.4, -0.2) is 0 Å². The molecule has 2 saturated carbocycles. The molecule has 3 atom stereocenters. The average Bonchev–Trinajstić information content (AvgIpc) is 2.18. The molecule has 11 heavy (non-hydrogen) atoms. The van der Waals surface area contributed by atoms with Gasteiger partial charge in [-0.05, 0) is 56.3 Å². The molecule has 0 aromatic carbocycles. The largest absolute Gasteiger partial charge is 0.0850 e. The highest BCUT2D eigenvalue weighted by Gasteiger charge is 2.35. The van der Waals surface area contributed by atoms with E-state index >= 15 is 0 Å². The second kappa shape index (κ2) is 2.12. The van der Waals surface area contributed by atoms with Crippen LogP contribution in [0, 0.1) is 17.8 Å². The predicted octanol–water partition coefficient (Wildman–Crippen LogP) is 3.14. The van der Waals surface area contributed by atoms with Gasteiger partial charge in [-0.25, -0.2) is 0 Å². The highest BCUT2D eigenvalue weighted by molar-refractivity contribution is 5.13. The van der Waals surface area contributed by atoms with Crippen LogP contribution in [-0.2, 0) is 0 Å². The lowest BCUT2D eigenvalue weighted by Crippen LogP contribution is -2.25. The molecule has 0 saturated heterocycles. The molecule has 0 nitrogen and oxygen atoms in total. The molecule has 4 aliphatic carbocycles. The van der Waals surface area contributed by atoms with Crippen molar-refractivity contribution in [3.8, 4) is 0 Å². The van der Waals surface area contributed by atoms with Crippen LogP contribution in [0.2, 0.25) is 0 Å². The number of rotatable bonds is 0. The van der Waals surface area contributed by atoms with Crippen LogP contribution < -0.4 is 0 Å². The van der Waals surface area contributed by atoms with Gasteiger partial charge in [0.05, 0.1) is 0 Å². The molecular formula is C11H16. The molecule has 0 radical (unpaired) electrons. The average molecular weight is 148 g/mol.